The molecule has 0 aliphatic carbocycles. The molecule has 0 aliphatic rings. The Morgan fingerprint density at radius 2 is 0.857 bits per heavy atom. The molecule has 10 aromatic rings. The van der Waals surface area contributed by atoms with Gasteiger partial charge in [0.1, 0.15) is 11.2 Å². The van der Waals surface area contributed by atoms with Crippen LogP contribution in [0.2, 0.25) is 0 Å². The highest BCUT2D eigenvalue weighted by atomic mass is 16.3. The zero-order valence-electron chi connectivity index (χ0n) is 26.3. The molecule has 0 saturated heterocycles. The second kappa shape index (κ2) is 11.0. The minimum atomic E-state index is 0.690. The van der Waals surface area contributed by atoms with E-state index in [0.29, 0.717) is 5.82 Å². The molecule has 0 aliphatic heterocycles. The first-order valence-corrected chi connectivity index (χ1v) is 16.4. The van der Waals surface area contributed by atoms with Crippen LogP contribution in [0.15, 0.2) is 168 Å². The highest BCUT2D eigenvalue weighted by molar-refractivity contribution is 6.28. The third kappa shape index (κ3) is 4.49. The van der Waals surface area contributed by atoms with E-state index in [1.54, 1.807) is 0 Å². The molecule has 4 nitrogen and oxygen atoms in total. The molecule has 0 atom stereocenters. The first-order valence-electron chi connectivity index (χ1n) is 16.4. The van der Waals surface area contributed by atoms with Crippen molar-refractivity contribution in [1.82, 2.24) is 15.0 Å². The monoisotopic (exact) mass is 625 g/mol. The quantitative estimate of drug-likeness (QED) is 0.183. The highest BCUT2D eigenvalue weighted by Gasteiger charge is 2.18. The van der Waals surface area contributed by atoms with Crippen LogP contribution in [0.4, 0.5) is 0 Å². The van der Waals surface area contributed by atoms with Gasteiger partial charge in [0.25, 0.3) is 0 Å². The number of benzene rings is 7. The number of para-hydroxylation sites is 3. The van der Waals surface area contributed by atoms with Gasteiger partial charge in [-0.05, 0) is 41.5 Å². The molecule has 0 spiro atoms. The summed E-state index contributed by atoms with van der Waals surface area (Å²) in [5.41, 5.74) is 10.9. The summed E-state index contributed by atoms with van der Waals surface area (Å²) >= 11 is 0. The number of furan rings is 1. The lowest BCUT2D eigenvalue weighted by Crippen LogP contribution is -1.95. The van der Waals surface area contributed by atoms with Crippen LogP contribution in [0.1, 0.15) is 0 Å². The second-order valence-electron chi connectivity index (χ2n) is 12.4. The van der Waals surface area contributed by atoms with Crippen LogP contribution < -0.4 is 0 Å². The van der Waals surface area contributed by atoms with Gasteiger partial charge in [-0.25, -0.2) is 15.0 Å². The largest absolute Gasteiger partial charge is 0.456 e. The van der Waals surface area contributed by atoms with E-state index in [1.165, 1.54) is 11.1 Å². The van der Waals surface area contributed by atoms with Gasteiger partial charge >= 0.3 is 0 Å². The molecule has 3 aromatic heterocycles. The molecular weight excluding hydrogens is 599 g/mol. The predicted molar refractivity (Wildman–Crippen MR) is 201 cm³/mol. The fourth-order valence-corrected chi connectivity index (χ4v) is 7.13. The van der Waals surface area contributed by atoms with Crippen molar-refractivity contribution >= 4 is 54.5 Å². The van der Waals surface area contributed by atoms with Crippen LogP contribution in [-0.4, -0.2) is 15.0 Å². The standard InChI is InChI=1S/C45H27N3O/c1-2-10-28(11-3-1)29-18-20-30(21-19-29)43-34-13-5-8-16-38(34)47-45(48-43)32-24-22-31(23-25-32)44-36-26-27-40-42(35-14-6-9-17-39(35)49-40)41(36)33-12-4-7-15-37(33)46-44/h1-27H. The van der Waals surface area contributed by atoms with E-state index in [4.69, 9.17) is 19.4 Å². The number of hydrogen-bond donors (Lipinski definition) is 0. The van der Waals surface area contributed by atoms with Gasteiger partial charge in [-0.15, -0.1) is 0 Å². The first-order chi connectivity index (χ1) is 24.3. The Bertz CT molecular complexity index is 2860. The van der Waals surface area contributed by atoms with E-state index >= 15 is 0 Å². The Morgan fingerprint density at radius 1 is 0.306 bits per heavy atom. The molecule has 10 rings (SSSR count). The molecule has 0 N–H and O–H groups in total. The summed E-state index contributed by atoms with van der Waals surface area (Å²) in [4.78, 5) is 15.4. The topological polar surface area (TPSA) is 51.8 Å². The average molecular weight is 626 g/mol. The van der Waals surface area contributed by atoms with Crippen molar-refractivity contribution in [2.75, 3.05) is 0 Å². The summed E-state index contributed by atoms with van der Waals surface area (Å²) in [5, 5.41) is 6.63. The summed E-state index contributed by atoms with van der Waals surface area (Å²) in [7, 11) is 0. The Labute approximate surface area is 282 Å². The van der Waals surface area contributed by atoms with E-state index in [0.717, 1.165) is 82.6 Å². The minimum absolute atomic E-state index is 0.690. The summed E-state index contributed by atoms with van der Waals surface area (Å²) in [6, 6.07) is 56.6. The Balaban J connectivity index is 1.10. The molecule has 0 bridgehead atoms. The number of aromatic nitrogens is 3. The molecular formula is C45H27N3O. The maximum Gasteiger partial charge on any atom is 0.160 e. The van der Waals surface area contributed by atoms with Gasteiger partial charge in [-0.2, -0.15) is 0 Å². The number of fused-ring (bicyclic) bond motifs is 8. The Kier molecular flexibility index (Phi) is 6.15. The van der Waals surface area contributed by atoms with Crippen LogP contribution in [0.25, 0.3) is 99.5 Å². The van der Waals surface area contributed by atoms with Crippen LogP contribution in [0.3, 0.4) is 0 Å². The lowest BCUT2D eigenvalue weighted by molar-refractivity contribution is 0.669. The van der Waals surface area contributed by atoms with E-state index in [-0.39, 0.29) is 0 Å². The molecule has 0 radical (unpaired) electrons. The average Bonchev–Trinajstić information content (AvgIpc) is 3.57. The maximum absolute atomic E-state index is 6.28. The first kappa shape index (κ1) is 27.5. The van der Waals surface area contributed by atoms with Crippen LogP contribution in [0, 0.1) is 0 Å². The van der Waals surface area contributed by atoms with Crippen molar-refractivity contribution in [2.24, 2.45) is 0 Å². The normalized spacial score (nSPS) is 11.7. The third-order valence-electron chi connectivity index (χ3n) is 9.49. The summed E-state index contributed by atoms with van der Waals surface area (Å²) < 4.78 is 6.28. The molecule has 0 unspecified atom stereocenters. The van der Waals surface area contributed by atoms with E-state index in [9.17, 15) is 0 Å². The van der Waals surface area contributed by atoms with Crippen molar-refractivity contribution in [3.05, 3.63) is 164 Å². The van der Waals surface area contributed by atoms with Gasteiger partial charge in [0.05, 0.1) is 22.4 Å². The molecule has 7 aromatic carbocycles. The fraction of sp³-hybridized carbons (Fsp3) is 0. The van der Waals surface area contributed by atoms with Gasteiger partial charge < -0.3 is 4.42 Å². The number of pyridine rings is 1. The Morgan fingerprint density at radius 3 is 1.61 bits per heavy atom. The van der Waals surface area contributed by atoms with Gasteiger partial charge in [-0.1, -0.05) is 133 Å². The zero-order chi connectivity index (χ0) is 32.3. The highest BCUT2D eigenvalue weighted by Crippen LogP contribution is 2.41. The smallest absolute Gasteiger partial charge is 0.160 e. The van der Waals surface area contributed by atoms with Crippen molar-refractivity contribution in [2.45, 2.75) is 0 Å². The third-order valence-corrected chi connectivity index (χ3v) is 9.49. The maximum atomic E-state index is 6.28. The molecule has 3 heterocycles. The van der Waals surface area contributed by atoms with Crippen LogP contribution >= 0.6 is 0 Å². The van der Waals surface area contributed by atoms with E-state index < -0.39 is 0 Å². The van der Waals surface area contributed by atoms with Gasteiger partial charge in [-0.3, -0.25) is 0 Å². The Hall–Kier alpha value is -6.65. The van der Waals surface area contributed by atoms with Crippen molar-refractivity contribution in [3.8, 4) is 45.0 Å². The fourth-order valence-electron chi connectivity index (χ4n) is 7.13. The van der Waals surface area contributed by atoms with Crippen molar-refractivity contribution in [1.29, 1.82) is 0 Å². The SMILES string of the molecule is c1ccc(-c2ccc(-c3nc(-c4ccc(-c5nc6ccccc6c6c5ccc5oc7ccccc7c56)cc4)nc4ccccc34)cc2)cc1. The summed E-state index contributed by atoms with van der Waals surface area (Å²) in [6.07, 6.45) is 0. The zero-order valence-corrected chi connectivity index (χ0v) is 26.3. The number of hydrogen-bond acceptors (Lipinski definition) is 4. The molecule has 4 heteroatoms. The predicted octanol–water partition coefficient (Wildman–Crippen LogP) is 11.9. The number of nitrogens with zero attached hydrogens (tertiary/aromatic N) is 3. The molecule has 49 heavy (non-hydrogen) atoms. The van der Waals surface area contributed by atoms with E-state index in [1.807, 2.05) is 36.4 Å². The van der Waals surface area contributed by atoms with Crippen LogP contribution in [0.5, 0.6) is 0 Å². The van der Waals surface area contributed by atoms with Crippen LogP contribution in [-0.2, 0) is 0 Å². The second-order valence-corrected chi connectivity index (χ2v) is 12.4. The molecule has 0 saturated carbocycles. The van der Waals surface area contributed by atoms with Crippen molar-refractivity contribution < 1.29 is 4.42 Å². The minimum Gasteiger partial charge on any atom is -0.456 e. The van der Waals surface area contributed by atoms with Gasteiger partial charge in [0.2, 0.25) is 0 Å². The molecule has 228 valence electrons. The van der Waals surface area contributed by atoms with Gasteiger partial charge in [0.15, 0.2) is 5.82 Å². The molecule has 0 amide bonds. The number of rotatable bonds is 4. The summed E-state index contributed by atoms with van der Waals surface area (Å²) in [6.45, 7) is 0. The lowest BCUT2D eigenvalue weighted by Gasteiger charge is -2.12. The van der Waals surface area contributed by atoms with Gasteiger partial charge in [0, 0.05) is 49.0 Å². The van der Waals surface area contributed by atoms with E-state index in [2.05, 4.69) is 127 Å². The lowest BCUT2D eigenvalue weighted by atomic mass is 9.96. The van der Waals surface area contributed by atoms with Crippen molar-refractivity contribution in [3.63, 3.8) is 0 Å². The summed E-state index contributed by atoms with van der Waals surface area (Å²) in [5.74, 6) is 0.690. The molecule has 0 fully saturated rings.